The van der Waals surface area contributed by atoms with Gasteiger partial charge in [-0.15, -0.1) is 0 Å². The quantitative estimate of drug-likeness (QED) is 0.162. The fraction of sp³-hybridized carbons (Fsp3) is 0. The van der Waals surface area contributed by atoms with Crippen LogP contribution in [0.5, 0.6) is 0 Å². The molecule has 2 nitrogen and oxygen atoms in total. The molecule has 272 valence electrons. The maximum Gasteiger partial charge on any atom is 0.136 e. The summed E-state index contributed by atoms with van der Waals surface area (Å²) in [5.74, 6) is 0. The van der Waals surface area contributed by atoms with Crippen LogP contribution in [0.4, 0.5) is 17.1 Å². The number of nitrogens with zero attached hydrogens (tertiary/aromatic N) is 1. The zero-order chi connectivity index (χ0) is 38.4. The Morgan fingerprint density at radius 1 is 0.276 bits per heavy atom. The summed E-state index contributed by atoms with van der Waals surface area (Å²) in [6.45, 7) is 0. The zero-order valence-corrected chi connectivity index (χ0v) is 31.7. The first-order chi connectivity index (χ1) is 28.7. The van der Waals surface area contributed by atoms with Crippen molar-refractivity contribution in [2.24, 2.45) is 0 Å². The Labute approximate surface area is 337 Å². The van der Waals surface area contributed by atoms with Crippen molar-refractivity contribution >= 4 is 60.5 Å². The topological polar surface area (TPSA) is 16.4 Å². The molecule has 0 N–H and O–H groups in total. The summed E-state index contributed by atoms with van der Waals surface area (Å²) in [6.07, 6.45) is 0. The minimum atomic E-state index is 0.883. The van der Waals surface area contributed by atoms with Crippen molar-refractivity contribution in [2.75, 3.05) is 4.90 Å². The van der Waals surface area contributed by atoms with Gasteiger partial charge in [-0.05, 0) is 115 Å². The van der Waals surface area contributed by atoms with Crippen molar-refractivity contribution in [1.29, 1.82) is 0 Å². The van der Waals surface area contributed by atoms with Crippen LogP contribution < -0.4 is 4.90 Å². The van der Waals surface area contributed by atoms with E-state index in [4.69, 9.17) is 4.42 Å². The van der Waals surface area contributed by atoms with E-state index in [1.54, 1.807) is 0 Å². The molecule has 0 saturated heterocycles. The molecule has 1 heterocycles. The molecule has 58 heavy (non-hydrogen) atoms. The van der Waals surface area contributed by atoms with Crippen molar-refractivity contribution < 1.29 is 4.42 Å². The predicted molar refractivity (Wildman–Crippen MR) is 245 cm³/mol. The van der Waals surface area contributed by atoms with Gasteiger partial charge in [-0.3, -0.25) is 0 Å². The number of hydrogen-bond acceptors (Lipinski definition) is 2. The van der Waals surface area contributed by atoms with E-state index in [-0.39, 0.29) is 0 Å². The van der Waals surface area contributed by atoms with Gasteiger partial charge in [0.2, 0.25) is 0 Å². The average molecular weight is 740 g/mol. The van der Waals surface area contributed by atoms with E-state index in [0.717, 1.165) is 55.7 Å². The maximum atomic E-state index is 6.38. The van der Waals surface area contributed by atoms with Gasteiger partial charge >= 0.3 is 0 Å². The monoisotopic (exact) mass is 739 g/mol. The van der Waals surface area contributed by atoms with Gasteiger partial charge in [-0.1, -0.05) is 170 Å². The first kappa shape index (κ1) is 33.6. The van der Waals surface area contributed by atoms with Crippen molar-refractivity contribution in [3.63, 3.8) is 0 Å². The summed E-state index contributed by atoms with van der Waals surface area (Å²) in [4.78, 5) is 2.39. The fourth-order valence-electron chi connectivity index (χ4n) is 8.55. The summed E-state index contributed by atoms with van der Waals surface area (Å²) in [7, 11) is 0. The molecule has 0 spiro atoms. The van der Waals surface area contributed by atoms with Gasteiger partial charge in [0.25, 0.3) is 0 Å². The highest BCUT2D eigenvalue weighted by Crippen LogP contribution is 2.44. The van der Waals surface area contributed by atoms with E-state index in [1.165, 1.54) is 49.4 Å². The number of benzene rings is 10. The minimum absolute atomic E-state index is 0.883. The van der Waals surface area contributed by atoms with Crippen LogP contribution in [0.25, 0.3) is 88.0 Å². The van der Waals surface area contributed by atoms with Crippen molar-refractivity contribution in [3.8, 4) is 44.5 Å². The molecule has 0 amide bonds. The molecule has 0 aliphatic rings. The fourth-order valence-corrected chi connectivity index (χ4v) is 8.55. The summed E-state index contributed by atoms with van der Waals surface area (Å²) in [5.41, 5.74) is 14.4. The molecule has 0 saturated carbocycles. The summed E-state index contributed by atoms with van der Waals surface area (Å²) in [5, 5.41) is 7.25. The Morgan fingerprint density at radius 2 is 0.862 bits per heavy atom. The molecule has 10 aromatic carbocycles. The van der Waals surface area contributed by atoms with Crippen LogP contribution in [0.1, 0.15) is 0 Å². The largest absolute Gasteiger partial charge is 0.456 e. The van der Waals surface area contributed by atoms with Crippen LogP contribution in [0.15, 0.2) is 229 Å². The first-order valence-electron chi connectivity index (χ1n) is 19.8. The van der Waals surface area contributed by atoms with Crippen LogP contribution in [0.3, 0.4) is 0 Å². The number of fused-ring (bicyclic) bond motifs is 5. The molecular formula is C56H37NO. The zero-order valence-electron chi connectivity index (χ0n) is 31.7. The van der Waals surface area contributed by atoms with Gasteiger partial charge in [-0.25, -0.2) is 0 Å². The molecule has 0 unspecified atom stereocenters. The Balaban J connectivity index is 1.02. The van der Waals surface area contributed by atoms with Crippen LogP contribution in [0, 0.1) is 0 Å². The van der Waals surface area contributed by atoms with Gasteiger partial charge in [0.1, 0.15) is 11.2 Å². The normalized spacial score (nSPS) is 11.4. The van der Waals surface area contributed by atoms with Crippen molar-refractivity contribution in [1.82, 2.24) is 0 Å². The standard InChI is InChI=1S/C56H37NO/c1-2-13-43-35-45(28-27-38(43)11-1)40-25-23-39(24-26-40)44-15-9-16-48(36-44)57(47-32-29-42(30-33-47)50-20-10-14-41-12-3-4-17-49(41)50)54-21-7-5-18-51(54)46-31-34-53-52-19-6-8-22-55(52)58-56(53)37-46/h1-37H. The third-order valence-electron chi connectivity index (χ3n) is 11.5. The van der Waals surface area contributed by atoms with Crippen LogP contribution in [0.2, 0.25) is 0 Å². The molecule has 0 aliphatic carbocycles. The SMILES string of the molecule is c1cc(-c2ccc(-c3ccc4ccccc4c3)cc2)cc(N(c2ccc(-c3cccc4ccccc34)cc2)c2ccccc2-c2ccc3c(c2)oc2ccccc23)c1. The lowest BCUT2D eigenvalue weighted by molar-refractivity contribution is 0.669. The van der Waals surface area contributed by atoms with Crippen molar-refractivity contribution in [2.45, 2.75) is 0 Å². The summed E-state index contributed by atoms with van der Waals surface area (Å²) in [6, 6.07) is 80.8. The number of para-hydroxylation sites is 2. The molecule has 11 rings (SSSR count). The Morgan fingerprint density at radius 3 is 1.71 bits per heavy atom. The van der Waals surface area contributed by atoms with Gasteiger partial charge in [0, 0.05) is 27.7 Å². The van der Waals surface area contributed by atoms with Gasteiger partial charge in [0.05, 0.1) is 5.69 Å². The van der Waals surface area contributed by atoms with Crippen LogP contribution in [-0.4, -0.2) is 0 Å². The second-order valence-electron chi connectivity index (χ2n) is 14.9. The Bertz CT molecular complexity index is 3280. The van der Waals surface area contributed by atoms with Crippen molar-refractivity contribution in [3.05, 3.63) is 224 Å². The lowest BCUT2D eigenvalue weighted by Gasteiger charge is -2.28. The molecular weight excluding hydrogens is 703 g/mol. The number of hydrogen-bond donors (Lipinski definition) is 0. The third-order valence-corrected chi connectivity index (χ3v) is 11.5. The first-order valence-corrected chi connectivity index (χ1v) is 19.8. The second-order valence-corrected chi connectivity index (χ2v) is 14.9. The highest BCUT2D eigenvalue weighted by molar-refractivity contribution is 6.06. The number of furan rings is 1. The van der Waals surface area contributed by atoms with Gasteiger partial charge in [0.15, 0.2) is 0 Å². The van der Waals surface area contributed by atoms with Crippen LogP contribution in [-0.2, 0) is 0 Å². The number of rotatable bonds is 7. The van der Waals surface area contributed by atoms with Crippen LogP contribution >= 0.6 is 0 Å². The maximum absolute atomic E-state index is 6.38. The highest BCUT2D eigenvalue weighted by atomic mass is 16.3. The molecule has 0 fully saturated rings. The van der Waals surface area contributed by atoms with E-state index >= 15 is 0 Å². The summed E-state index contributed by atoms with van der Waals surface area (Å²) >= 11 is 0. The third kappa shape index (κ3) is 6.00. The number of anilines is 3. The van der Waals surface area contributed by atoms with E-state index < -0.39 is 0 Å². The average Bonchev–Trinajstić information content (AvgIpc) is 3.67. The lowest BCUT2D eigenvalue weighted by atomic mass is 9.97. The summed E-state index contributed by atoms with van der Waals surface area (Å²) < 4.78 is 6.38. The Kier molecular flexibility index (Phi) is 8.19. The smallest absolute Gasteiger partial charge is 0.136 e. The Hall–Kier alpha value is -7.68. The van der Waals surface area contributed by atoms with E-state index in [2.05, 4.69) is 217 Å². The molecule has 0 atom stereocenters. The molecule has 0 aliphatic heterocycles. The van der Waals surface area contributed by atoms with E-state index in [1.807, 2.05) is 12.1 Å². The van der Waals surface area contributed by atoms with Gasteiger partial charge < -0.3 is 9.32 Å². The van der Waals surface area contributed by atoms with E-state index in [9.17, 15) is 0 Å². The molecule has 2 heteroatoms. The highest BCUT2D eigenvalue weighted by Gasteiger charge is 2.19. The molecule has 0 radical (unpaired) electrons. The van der Waals surface area contributed by atoms with E-state index in [0.29, 0.717) is 0 Å². The lowest BCUT2D eigenvalue weighted by Crippen LogP contribution is -2.11. The molecule has 11 aromatic rings. The second kappa shape index (κ2) is 14.1. The minimum Gasteiger partial charge on any atom is -0.456 e. The molecule has 0 bridgehead atoms. The molecule has 1 aromatic heterocycles. The predicted octanol–water partition coefficient (Wildman–Crippen LogP) is 16.0. The van der Waals surface area contributed by atoms with Gasteiger partial charge in [-0.2, -0.15) is 0 Å².